The van der Waals surface area contributed by atoms with Crippen molar-refractivity contribution in [3.63, 3.8) is 0 Å². The summed E-state index contributed by atoms with van der Waals surface area (Å²) in [6, 6.07) is 0. The normalized spacial score (nSPS) is 46.1. The lowest BCUT2D eigenvalue weighted by atomic mass is 9.76. The summed E-state index contributed by atoms with van der Waals surface area (Å²) < 4.78 is 11.6. The maximum Gasteiger partial charge on any atom is 0.124 e. The van der Waals surface area contributed by atoms with Gasteiger partial charge in [-0.15, -0.1) is 0 Å². The van der Waals surface area contributed by atoms with Crippen LogP contribution in [0.25, 0.3) is 0 Å². The van der Waals surface area contributed by atoms with Gasteiger partial charge in [-0.2, -0.15) is 0 Å². The summed E-state index contributed by atoms with van der Waals surface area (Å²) in [6.07, 6.45) is 7.67. The molecule has 1 aliphatic carbocycles. The van der Waals surface area contributed by atoms with E-state index in [0.29, 0.717) is 6.10 Å². The standard InChI is InChI=1S/C12H22O2/c1-4-5-9-12-10(13-3)7-6-8-11(12,2)14-12/h10H,4-9H2,1-3H3/t10-,11+,12-/m1/s1. The highest BCUT2D eigenvalue weighted by atomic mass is 16.7. The molecule has 0 amide bonds. The molecule has 0 aromatic rings. The second-order valence-corrected chi connectivity index (χ2v) is 4.94. The zero-order chi connectivity index (χ0) is 10.2. The molecule has 0 aromatic carbocycles. The summed E-state index contributed by atoms with van der Waals surface area (Å²) in [6.45, 7) is 4.49. The monoisotopic (exact) mass is 198 g/mol. The molecule has 1 saturated carbocycles. The van der Waals surface area contributed by atoms with Gasteiger partial charge in [-0.1, -0.05) is 19.8 Å². The van der Waals surface area contributed by atoms with Crippen molar-refractivity contribution in [1.82, 2.24) is 0 Å². The number of hydrogen-bond donors (Lipinski definition) is 0. The number of methoxy groups -OCH3 is 1. The molecule has 1 heterocycles. The van der Waals surface area contributed by atoms with Crippen molar-refractivity contribution in [3.05, 3.63) is 0 Å². The molecule has 2 rings (SSSR count). The van der Waals surface area contributed by atoms with Gasteiger partial charge in [0, 0.05) is 7.11 Å². The molecule has 0 radical (unpaired) electrons. The van der Waals surface area contributed by atoms with E-state index in [4.69, 9.17) is 9.47 Å². The third-order valence-corrected chi connectivity index (χ3v) is 4.09. The van der Waals surface area contributed by atoms with Crippen LogP contribution in [0, 0.1) is 0 Å². The highest BCUT2D eigenvalue weighted by Crippen LogP contribution is 2.60. The predicted molar refractivity (Wildman–Crippen MR) is 56.4 cm³/mol. The van der Waals surface area contributed by atoms with Crippen molar-refractivity contribution in [2.75, 3.05) is 7.11 Å². The minimum absolute atomic E-state index is 0.0794. The van der Waals surface area contributed by atoms with E-state index in [9.17, 15) is 0 Å². The molecule has 0 spiro atoms. The number of rotatable bonds is 4. The Balaban J connectivity index is 2.06. The van der Waals surface area contributed by atoms with Crippen molar-refractivity contribution in [3.8, 4) is 0 Å². The lowest BCUT2D eigenvalue weighted by Crippen LogP contribution is -2.41. The zero-order valence-corrected chi connectivity index (χ0v) is 9.64. The Morgan fingerprint density at radius 1 is 1.50 bits per heavy atom. The molecule has 0 bridgehead atoms. The fraction of sp³-hybridized carbons (Fsp3) is 1.00. The van der Waals surface area contributed by atoms with Crippen LogP contribution in [0.5, 0.6) is 0 Å². The van der Waals surface area contributed by atoms with Crippen LogP contribution < -0.4 is 0 Å². The summed E-state index contributed by atoms with van der Waals surface area (Å²) in [4.78, 5) is 0. The van der Waals surface area contributed by atoms with Gasteiger partial charge in [-0.3, -0.25) is 0 Å². The van der Waals surface area contributed by atoms with Gasteiger partial charge in [0.15, 0.2) is 0 Å². The number of hydrogen-bond acceptors (Lipinski definition) is 2. The molecule has 2 heteroatoms. The second kappa shape index (κ2) is 3.49. The van der Waals surface area contributed by atoms with E-state index < -0.39 is 0 Å². The van der Waals surface area contributed by atoms with Crippen LogP contribution in [0.15, 0.2) is 0 Å². The maximum atomic E-state index is 6.03. The Morgan fingerprint density at radius 3 is 2.93 bits per heavy atom. The lowest BCUT2D eigenvalue weighted by molar-refractivity contribution is 0.0144. The first-order valence-electron chi connectivity index (χ1n) is 5.91. The Labute approximate surface area is 87.0 Å². The van der Waals surface area contributed by atoms with Crippen LogP contribution in [0.1, 0.15) is 52.4 Å². The Bertz CT molecular complexity index is 216. The van der Waals surface area contributed by atoms with Crippen LogP contribution in [0.2, 0.25) is 0 Å². The van der Waals surface area contributed by atoms with E-state index in [1.807, 2.05) is 7.11 Å². The van der Waals surface area contributed by atoms with Gasteiger partial charge in [0.05, 0.1) is 11.7 Å². The summed E-state index contributed by atoms with van der Waals surface area (Å²) in [5.41, 5.74) is 0.219. The lowest BCUT2D eigenvalue weighted by Gasteiger charge is -2.30. The van der Waals surface area contributed by atoms with Gasteiger partial charge in [-0.05, 0) is 32.6 Å². The van der Waals surface area contributed by atoms with E-state index in [1.54, 1.807) is 0 Å². The zero-order valence-electron chi connectivity index (χ0n) is 9.64. The average molecular weight is 198 g/mol. The molecule has 14 heavy (non-hydrogen) atoms. The molecular formula is C12H22O2. The number of fused-ring (bicyclic) bond motifs is 1. The minimum Gasteiger partial charge on any atom is -0.378 e. The molecule has 0 unspecified atom stereocenters. The molecule has 2 fully saturated rings. The second-order valence-electron chi connectivity index (χ2n) is 4.94. The quantitative estimate of drug-likeness (QED) is 0.648. The van der Waals surface area contributed by atoms with E-state index in [1.165, 1.54) is 38.5 Å². The number of epoxide rings is 1. The molecule has 0 aromatic heterocycles. The topological polar surface area (TPSA) is 21.8 Å². The van der Waals surface area contributed by atoms with Crippen LogP contribution >= 0.6 is 0 Å². The van der Waals surface area contributed by atoms with E-state index >= 15 is 0 Å². The largest absolute Gasteiger partial charge is 0.378 e. The minimum atomic E-state index is 0.0794. The highest BCUT2D eigenvalue weighted by molar-refractivity contribution is 5.19. The first-order chi connectivity index (χ1) is 6.68. The molecule has 3 atom stereocenters. The third kappa shape index (κ3) is 1.31. The first kappa shape index (κ1) is 10.4. The van der Waals surface area contributed by atoms with Gasteiger partial charge in [-0.25, -0.2) is 0 Å². The Kier molecular flexibility index (Phi) is 2.61. The summed E-state index contributed by atoms with van der Waals surface area (Å²) >= 11 is 0. The van der Waals surface area contributed by atoms with Crippen LogP contribution in [0.3, 0.4) is 0 Å². The molecule has 2 aliphatic rings. The predicted octanol–water partition coefficient (Wildman–Crippen LogP) is 2.90. The van der Waals surface area contributed by atoms with Gasteiger partial charge >= 0.3 is 0 Å². The van der Waals surface area contributed by atoms with Crippen LogP contribution in [-0.2, 0) is 9.47 Å². The van der Waals surface area contributed by atoms with Crippen molar-refractivity contribution < 1.29 is 9.47 Å². The van der Waals surface area contributed by atoms with Gasteiger partial charge < -0.3 is 9.47 Å². The smallest absolute Gasteiger partial charge is 0.124 e. The summed E-state index contributed by atoms with van der Waals surface area (Å²) in [7, 11) is 1.83. The van der Waals surface area contributed by atoms with Gasteiger partial charge in [0.2, 0.25) is 0 Å². The SMILES string of the molecule is CCCC[C@]12O[C@@]1(C)CCC[C@H]2OC. The molecule has 1 aliphatic heterocycles. The fourth-order valence-corrected chi connectivity index (χ4v) is 3.13. The maximum absolute atomic E-state index is 6.03. The molecule has 82 valence electrons. The Hall–Kier alpha value is -0.0800. The van der Waals surface area contributed by atoms with E-state index in [2.05, 4.69) is 13.8 Å². The van der Waals surface area contributed by atoms with Crippen molar-refractivity contribution >= 4 is 0 Å². The van der Waals surface area contributed by atoms with Gasteiger partial charge in [0.25, 0.3) is 0 Å². The van der Waals surface area contributed by atoms with E-state index in [0.717, 1.165) is 0 Å². The van der Waals surface area contributed by atoms with Crippen LogP contribution in [-0.4, -0.2) is 24.4 Å². The average Bonchev–Trinajstić information content (AvgIpc) is 2.81. The van der Waals surface area contributed by atoms with Gasteiger partial charge in [0.1, 0.15) is 5.60 Å². The van der Waals surface area contributed by atoms with Crippen LogP contribution in [0.4, 0.5) is 0 Å². The van der Waals surface area contributed by atoms with Crippen molar-refractivity contribution in [2.24, 2.45) is 0 Å². The van der Waals surface area contributed by atoms with Crippen molar-refractivity contribution in [2.45, 2.75) is 69.7 Å². The number of ether oxygens (including phenoxy) is 2. The molecule has 2 nitrogen and oxygen atoms in total. The summed E-state index contributed by atoms with van der Waals surface area (Å²) in [5.74, 6) is 0. The molecular weight excluding hydrogens is 176 g/mol. The summed E-state index contributed by atoms with van der Waals surface area (Å²) in [5, 5.41) is 0. The Morgan fingerprint density at radius 2 is 2.29 bits per heavy atom. The molecule has 1 saturated heterocycles. The molecule has 0 N–H and O–H groups in total. The third-order valence-electron chi connectivity index (χ3n) is 4.09. The fourth-order valence-electron chi connectivity index (χ4n) is 3.13. The highest BCUT2D eigenvalue weighted by Gasteiger charge is 2.71. The van der Waals surface area contributed by atoms with Crippen molar-refractivity contribution in [1.29, 1.82) is 0 Å². The number of unbranched alkanes of at least 4 members (excludes halogenated alkanes) is 1. The van der Waals surface area contributed by atoms with E-state index in [-0.39, 0.29) is 11.2 Å². The first-order valence-corrected chi connectivity index (χ1v) is 5.91.